The number of hydrogen-bond acceptors (Lipinski definition) is 4. The zero-order chi connectivity index (χ0) is 15.1. The number of piperidine rings is 1. The first-order valence-corrected chi connectivity index (χ1v) is 7.93. The Hall–Kier alpha value is -1.26. The average Bonchev–Trinajstić information content (AvgIpc) is 2.51. The molecule has 1 aromatic carbocycles. The third kappa shape index (κ3) is 4.90. The lowest BCUT2D eigenvalue weighted by Crippen LogP contribution is -2.34. The van der Waals surface area contributed by atoms with E-state index in [1.165, 1.54) is 12.8 Å². The van der Waals surface area contributed by atoms with Crippen molar-refractivity contribution in [3.63, 3.8) is 0 Å². The van der Waals surface area contributed by atoms with Crippen molar-refractivity contribution in [1.29, 1.82) is 0 Å². The third-order valence-electron chi connectivity index (χ3n) is 3.81. The van der Waals surface area contributed by atoms with Crippen molar-refractivity contribution in [2.24, 2.45) is 5.92 Å². The van der Waals surface area contributed by atoms with Crippen LogP contribution in [-0.4, -0.2) is 44.1 Å². The van der Waals surface area contributed by atoms with E-state index >= 15 is 0 Å². The van der Waals surface area contributed by atoms with Crippen LogP contribution in [0.1, 0.15) is 26.7 Å². The predicted octanol–water partition coefficient (Wildman–Crippen LogP) is 2.70. The van der Waals surface area contributed by atoms with Crippen molar-refractivity contribution in [3.05, 3.63) is 24.3 Å². The fraction of sp³-hybridized carbons (Fsp3) is 0.647. The van der Waals surface area contributed by atoms with Crippen molar-refractivity contribution < 1.29 is 14.6 Å². The second kappa shape index (κ2) is 8.25. The summed E-state index contributed by atoms with van der Waals surface area (Å²) < 4.78 is 11.0. The Balaban J connectivity index is 1.96. The van der Waals surface area contributed by atoms with Crippen LogP contribution in [0.3, 0.4) is 0 Å². The van der Waals surface area contributed by atoms with Crippen molar-refractivity contribution in [3.8, 4) is 5.75 Å². The first-order valence-electron chi connectivity index (χ1n) is 7.93. The van der Waals surface area contributed by atoms with Crippen LogP contribution in [-0.2, 0) is 4.74 Å². The molecular weight excluding hydrogens is 266 g/mol. The SMILES string of the molecule is CCOC[C@H](O)COc1ccccc1N1CCC[C@@H](C)C1. The van der Waals surface area contributed by atoms with E-state index in [1.807, 2.05) is 25.1 Å². The molecule has 118 valence electrons. The van der Waals surface area contributed by atoms with Gasteiger partial charge in [0.15, 0.2) is 0 Å². The summed E-state index contributed by atoms with van der Waals surface area (Å²) >= 11 is 0. The van der Waals surface area contributed by atoms with Gasteiger partial charge in [-0.05, 0) is 37.8 Å². The van der Waals surface area contributed by atoms with Crippen LogP contribution in [0.4, 0.5) is 5.69 Å². The molecule has 0 saturated carbocycles. The van der Waals surface area contributed by atoms with Crippen LogP contribution in [0.15, 0.2) is 24.3 Å². The zero-order valence-electron chi connectivity index (χ0n) is 13.1. The molecule has 0 bridgehead atoms. The standard InChI is InChI=1S/C17H27NO3/c1-3-20-12-15(19)13-21-17-9-5-4-8-16(17)18-10-6-7-14(2)11-18/h4-5,8-9,14-15,19H,3,6-7,10-13H2,1-2H3/t14-,15+/m1/s1. The molecule has 0 radical (unpaired) electrons. The number of aliphatic hydroxyl groups is 1. The third-order valence-corrected chi connectivity index (χ3v) is 3.81. The minimum atomic E-state index is -0.585. The molecule has 1 saturated heterocycles. The summed E-state index contributed by atoms with van der Waals surface area (Å²) in [6, 6.07) is 8.09. The van der Waals surface area contributed by atoms with Crippen LogP contribution < -0.4 is 9.64 Å². The molecule has 1 fully saturated rings. The minimum Gasteiger partial charge on any atom is -0.489 e. The number of hydrogen-bond donors (Lipinski definition) is 1. The van der Waals surface area contributed by atoms with Crippen molar-refractivity contribution in [2.75, 3.05) is 37.8 Å². The highest BCUT2D eigenvalue weighted by molar-refractivity contribution is 5.58. The van der Waals surface area contributed by atoms with Crippen molar-refractivity contribution in [1.82, 2.24) is 0 Å². The maximum absolute atomic E-state index is 9.82. The predicted molar refractivity (Wildman–Crippen MR) is 85.0 cm³/mol. The first kappa shape index (κ1) is 16.1. The van der Waals surface area contributed by atoms with Crippen molar-refractivity contribution in [2.45, 2.75) is 32.8 Å². The highest BCUT2D eigenvalue weighted by atomic mass is 16.5. The van der Waals surface area contributed by atoms with Gasteiger partial charge in [0.2, 0.25) is 0 Å². The summed E-state index contributed by atoms with van der Waals surface area (Å²) in [6.07, 6.45) is 1.94. The molecule has 21 heavy (non-hydrogen) atoms. The molecule has 2 atom stereocenters. The van der Waals surface area contributed by atoms with Crippen LogP contribution in [0.25, 0.3) is 0 Å². The summed E-state index contributed by atoms with van der Waals surface area (Å²) in [6.45, 7) is 7.55. The number of aliphatic hydroxyl groups excluding tert-OH is 1. The van der Waals surface area contributed by atoms with E-state index in [-0.39, 0.29) is 6.61 Å². The Morgan fingerprint density at radius 1 is 1.33 bits per heavy atom. The number of benzene rings is 1. The fourth-order valence-electron chi connectivity index (χ4n) is 2.74. The Bertz CT molecular complexity index is 424. The van der Waals surface area contributed by atoms with Gasteiger partial charge in [-0.2, -0.15) is 0 Å². The Morgan fingerprint density at radius 3 is 2.90 bits per heavy atom. The number of rotatable bonds is 7. The van der Waals surface area contributed by atoms with Crippen LogP contribution in [0.2, 0.25) is 0 Å². The van der Waals surface area contributed by atoms with E-state index in [4.69, 9.17) is 9.47 Å². The van der Waals surface area contributed by atoms with Gasteiger partial charge in [0.05, 0.1) is 12.3 Å². The molecule has 0 spiro atoms. The summed E-state index contributed by atoms with van der Waals surface area (Å²) in [7, 11) is 0. The molecule has 0 unspecified atom stereocenters. The van der Waals surface area contributed by atoms with Gasteiger partial charge in [-0.3, -0.25) is 0 Å². The molecule has 1 aliphatic heterocycles. The second-order valence-corrected chi connectivity index (χ2v) is 5.79. The van der Waals surface area contributed by atoms with Gasteiger partial charge in [0.1, 0.15) is 18.5 Å². The number of nitrogens with zero attached hydrogens (tertiary/aromatic N) is 1. The molecule has 0 aromatic heterocycles. The first-order chi connectivity index (χ1) is 10.2. The van der Waals surface area contributed by atoms with E-state index in [0.29, 0.717) is 13.2 Å². The Kier molecular flexibility index (Phi) is 6.33. The van der Waals surface area contributed by atoms with Crippen molar-refractivity contribution >= 4 is 5.69 Å². The average molecular weight is 293 g/mol. The van der Waals surface area contributed by atoms with Gasteiger partial charge in [-0.25, -0.2) is 0 Å². The van der Waals surface area contributed by atoms with Gasteiger partial charge in [0, 0.05) is 19.7 Å². The lowest BCUT2D eigenvalue weighted by atomic mass is 9.99. The molecule has 1 heterocycles. The molecule has 4 nitrogen and oxygen atoms in total. The highest BCUT2D eigenvalue weighted by Gasteiger charge is 2.19. The normalized spacial score (nSPS) is 20.3. The quantitative estimate of drug-likeness (QED) is 0.839. The topological polar surface area (TPSA) is 41.9 Å². The zero-order valence-corrected chi connectivity index (χ0v) is 13.1. The molecular formula is C17H27NO3. The van der Waals surface area contributed by atoms with E-state index < -0.39 is 6.10 Å². The highest BCUT2D eigenvalue weighted by Crippen LogP contribution is 2.31. The minimum absolute atomic E-state index is 0.264. The van der Waals surface area contributed by atoms with Crippen LogP contribution >= 0.6 is 0 Å². The molecule has 0 amide bonds. The van der Waals surface area contributed by atoms with Crippen LogP contribution in [0, 0.1) is 5.92 Å². The molecule has 4 heteroatoms. The summed E-state index contributed by atoms with van der Waals surface area (Å²) in [5.41, 5.74) is 1.13. The maximum Gasteiger partial charge on any atom is 0.142 e. The monoisotopic (exact) mass is 293 g/mol. The lowest BCUT2D eigenvalue weighted by molar-refractivity contribution is 0.0165. The summed E-state index contributed by atoms with van der Waals surface area (Å²) in [4.78, 5) is 2.39. The van der Waals surface area contributed by atoms with Gasteiger partial charge in [-0.15, -0.1) is 0 Å². The molecule has 1 aromatic rings. The number of ether oxygens (including phenoxy) is 2. The number of para-hydroxylation sites is 2. The fourth-order valence-corrected chi connectivity index (χ4v) is 2.74. The molecule has 2 rings (SSSR count). The maximum atomic E-state index is 9.82. The van der Waals surface area contributed by atoms with Gasteiger partial charge < -0.3 is 19.5 Å². The second-order valence-electron chi connectivity index (χ2n) is 5.79. The molecule has 1 aliphatic rings. The van der Waals surface area contributed by atoms with Gasteiger partial charge in [-0.1, -0.05) is 19.1 Å². The van der Waals surface area contributed by atoms with E-state index in [2.05, 4.69) is 17.9 Å². The summed E-state index contributed by atoms with van der Waals surface area (Å²) in [5.74, 6) is 1.57. The van der Waals surface area contributed by atoms with Gasteiger partial charge >= 0.3 is 0 Å². The smallest absolute Gasteiger partial charge is 0.142 e. The lowest BCUT2D eigenvalue weighted by Gasteiger charge is -2.33. The molecule has 0 aliphatic carbocycles. The van der Waals surface area contributed by atoms with E-state index in [1.54, 1.807) is 0 Å². The van der Waals surface area contributed by atoms with Crippen LogP contribution in [0.5, 0.6) is 5.75 Å². The Morgan fingerprint density at radius 2 is 2.14 bits per heavy atom. The van der Waals surface area contributed by atoms with E-state index in [9.17, 15) is 5.11 Å². The Labute approximate surface area is 127 Å². The molecule has 1 N–H and O–H groups in total. The van der Waals surface area contributed by atoms with Gasteiger partial charge in [0.25, 0.3) is 0 Å². The van der Waals surface area contributed by atoms with E-state index in [0.717, 1.165) is 30.4 Å². The summed E-state index contributed by atoms with van der Waals surface area (Å²) in [5, 5.41) is 9.82. The largest absolute Gasteiger partial charge is 0.489 e. The number of anilines is 1.